The number of benzene rings is 2. The van der Waals surface area contributed by atoms with E-state index in [-0.39, 0.29) is 65.7 Å². The number of hydrazine groups is 1. The molecule has 7 unspecified atom stereocenters. The Kier molecular flexibility index (Phi) is 12.6. The SMILES string of the molecule is CC1SC2C(C(c3ccc(CN4CC5(CCCN(C6NCC(C(=O)NC7C(C)(C)C(Oc8ccc(C#N)c(Cl)c8)C7(C)C)CN6)C5)C4)cc3)=N[C@@H](CC3NCCO3)C3NNC(C)N23)C1C. The standard InChI is InChI=1S/C49H70ClN11O3S/c1-28-29(2)65-43-39(28)40(55-37(20-38-52-16-18-63-38)41-58-57-30(3)61(41)43)32-11-9-31(10-12-32)24-59-25-49(26-59)15-8-17-60(27-49)46-53-22-34(23-54-46)42(62)56-44-47(4,5)45(48(44,6)7)64-35-14-13-33(21-51)36(50)19-35/h9-14,19,28-30,34,37-39,41,43-46,52-54,57-58H,8,15-18,20,22-27H2,1-7H3,(H,56,62)/t28?,29?,30?,34?,37-,38?,39?,41?,43?,44?,45?,46?/m0/s1. The predicted molar refractivity (Wildman–Crippen MR) is 256 cm³/mol. The molecule has 352 valence electrons. The van der Waals surface area contributed by atoms with Gasteiger partial charge in [-0.1, -0.05) is 77.4 Å². The highest BCUT2D eigenvalue weighted by Gasteiger charge is 2.64. The lowest BCUT2D eigenvalue weighted by molar-refractivity contribution is -0.175. The first-order chi connectivity index (χ1) is 31.1. The highest BCUT2D eigenvalue weighted by atomic mass is 35.5. The fourth-order valence-electron chi connectivity index (χ4n) is 13.3. The van der Waals surface area contributed by atoms with Gasteiger partial charge < -0.3 is 14.8 Å². The first-order valence-corrected chi connectivity index (χ1v) is 25.5. The van der Waals surface area contributed by atoms with Crippen LogP contribution in [0.1, 0.15) is 84.4 Å². The van der Waals surface area contributed by atoms with E-state index in [1.165, 1.54) is 29.7 Å². The van der Waals surface area contributed by atoms with Crippen molar-refractivity contribution in [2.75, 3.05) is 52.4 Å². The van der Waals surface area contributed by atoms with E-state index in [0.29, 0.717) is 57.3 Å². The third-order valence-corrected chi connectivity index (χ3v) is 18.4. The average molecular weight is 929 g/mol. The maximum atomic E-state index is 13.8. The zero-order valence-corrected chi connectivity index (χ0v) is 40.8. The van der Waals surface area contributed by atoms with Crippen molar-refractivity contribution in [2.45, 2.75) is 128 Å². The first-order valence-electron chi connectivity index (χ1n) is 24.2. The third kappa shape index (κ3) is 8.55. The zero-order chi connectivity index (χ0) is 45.4. The Morgan fingerprint density at radius 1 is 1.03 bits per heavy atom. The van der Waals surface area contributed by atoms with Crippen molar-refractivity contribution < 1.29 is 14.3 Å². The van der Waals surface area contributed by atoms with Gasteiger partial charge in [-0.3, -0.25) is 40.4 Å². The molecule has 1 saturated carbocycles. The van der Waals surface area contributed by atoms with Crippen molar-refractivity contribution in [1.82, 2.24) is 46.8 Å². The van der Waals surface area contributed by atoms with Crippen LogP contribution in [0.5, 0.6) is 5.75 Å². The Morgan fingerprint density at radius 3 is 2.48 bits per heavy atom. The van der Waals surface area contributed by atoms with Crippen molar-refractivity contribution in [1.29, 1.82) is 5.26 Å². The molecule has 14 nitrogen and oxygen atoms in total. The minimum Gasteiger partial charge on any atom is -0.489 e. The number of hydrogen-bond donors (Lipinski definition) is 6. The summed E-state index contributed by atoms with van der Waals surface area (Å²) >= 11 is 8.42. The van der Waals surface area contributed by atoms with E-state index in [1.807, 2.05) is 0 Å². The van der Waals surface area contributed by atoms with Crippen molar-refractivity contribution >= 4 is 35.0 Å². The summed E-state index contributed by atoms with van der Waals surface area (Å²) in [7, 11) is 0. The summed E-state index contributed by atoms with van der Waals surface area (Å²) in [5, 5.41) is 24.9. The van der Waals surface area contributed by atoms with E-state index in [2.05, 4.69) is 137 Å². The van der Waals surface area contributed by atoms with Gasteiger partial charge in [0.05, 0.1) is 46.9 Å². The van der Waals surface area contributed by atoms with E-state index in [4.69, 9.17) is 26.1 Å². The maximum absolute atomic E-state index is 13.8. The fourth-order valence-corrected chi connectivity index (χ4v) is 15.3. The number of hydrogen-bond acceptors (Lipinski definition) is 14. The smallest absolute Gasteiger partial charge is 0.225 e. The van der Waals surface area contributed by atoms with Crippen molar-refractivity contribution in [3.8, 4) is 11.8 Å². The molecule has 2 aromatic rings. The highest BCUT2D eigenvalue weighted by Crippen LogP contribution is 2.56. The number of carbonyl (C=O) groups excluding carboxylic acids is 1. The second-order valence-corrected chi connectivity index (χ2v) is 23.7. The molecule has 7 aliphatic heterocycles. The molecule has 6 saturated heterocycles. The molecule has 0 radical (unpaired) electrons. The van der Waals surface area contributed by atoms with Gasteiger partial charge in [0.25, 0.3) is 0 Å². The summed E-state index contributed by atoms with van der Waals surface area (Å²) in [4.78, 5) is 27.3. The lowest BCUT2D eigenvalue weighted by Crippen LogP contribution is -2.75. The molecule has 0 bridgehead atoms. The lowest BCUT2D eigenvalue weighted by Gasteiger charge is -2.63. The van der Waals surface area contributed by atoms with E-state index >= 15 is 0 Å². The minimum absolute atomic E-state index is 0.0325. The van der Waals surface area contributed by atoms with Crippen molar-refractivity contribution in [3.63, 3.8) is 0 Å². The average Bonchev–Trinajstić information content (AvgIpc) is 3.99. The number of amides is 1. The van der Waals surface area contributed by atoms with Gasteiger partial charge in [0.1, 0.15) is 30.4 Å². The van der Waals surface area contributed by atoms with E-state index in [1.54, 1.807) is 18.2 Å². The van der Waals surface area contributed by atoms with Crippen LogP contribution < -0.4 is 36.9 Å². The molecule has 0 aromatic heterocycles. The van der Waals surface area contributed by atoms with Crippen LogP contribution in [0.4, 0.5) is 0 Å². The van der Waals surface area contributed by atoms with Gasteiger partial charge in [-0.05, 0) is 48.9 Å². The van der Waals surface area contributed by atoms with Crippen LogP contribution in [-0.4, -0.2) is 132 Å². The molecule has 1 spiro atoms. The quantitative estimate of drug-likeness (QED) is 0.199. The first kappa shape index (κ1) is 45.9. The number of carbonyl (C=O) groups is 1. The van der Waals surface area contributed by atoms with Gasteiger partial charge in [-0.15, -0.1) is 11.8 Å². The Balaban J connectivity index is 0.721. The van der Waals surface area contributed by atoms with Crippen LogP contribution in [0.15, 0.2) is 47.5 Å². The third-order valence-electron chi connectivity index (χ3n) is 16.5. The molecule has 6 N–H and O–H groups in total. The number of thioether (sulfide) groups is 1. The van der Waals surface area contributed by atoms with Gasteiger partial charge in [0.15, 0.2) is 0 Å². The predicted octanol–water partition coefficient (Wildman–Crippen LogP) is 4.50. The summed E-state index contributed by atoms with van der Waals surface area (Å²) in [6, 6.07) is 16.7. The van der Waals surface area contributed by atoms with E-state index in [9.17, 15) is 10.1 Å². The van der Waals surface area contributed by atoms with Crippen LogP contribution in [-0.2, 0) is 16.1 Å². The van der Waals surface area contributed by atoms with E-state index < -0.39 is 0 Å². The number of aliphatic imine (C=N–C) groups is 1. The second kappa shape index (κ2) is 17.9. The van der Waals surface area contributed by atoms with Crippen LogP contribution in [0.3, 0.4) is 0 Å². The number of halogens is 1. The zero-order valence-electron chi connectivity index (χ0n) is 39.2. The van der Waals surface area contributed by atoms with Crippen LogP contribution in [0, 0.1) is 45.3 Å². The molecule has 8 atom stereocenters. The Morgan fingerprint density at radius 2 is 1.78 bits per heavy atom. The van der Waals surface area contributed by atoms with Crippen LogP contribution in [0.25, 0.3) is 0 Å². The highest BCUT2D eigenvalue weighted by molar-refractivity contribution is 8.00. The lowest BCUT2D eigenvalue weighted by atomic mass is 9.49. The normalized spacial score (nSPS) is 37.6. The molecule has 1 aliphatic carbocycles. The molecule has 7 fully saturated rings. The van der Waals surface area contributed by atoms with Gasteiger partial charge in [-0.25, -0.2) is 10.9 Å². The van der Waals surface area contributed by atoms with E-state index in [0.717, 1.165) is 52.3 Å². The van der Waals surface area contributed by atoms with Gasteiger partial charge in [-0.2, -0.15) is 5.26 Å². The van der Waals surface area contributed by atoms with Crippen LogP contribution in [0.2, 0.25) is 5.02 Å². The number of fused-ring (bicyclic) bond motifs is 3. The summed E-state index contributed by atoms with van der Waals surface area (Å²) in [6.07, 6.45) is 3.58. The maximum Gasteiger partial charge on any atom is 0.225 e. The summed E-state index contributed by atoms with van der Waals surface area (Å²) < 4.78 is 12.5. The number of nitrogens with zero attached hydrogens (tertiary/aromatic N) is 5. The molecule has 10 rings (SSSR count). The van der Waals surface area contributed by atoms with Crippen LogP contribution >= 0.6 is 23.4 Å². The largest absolute Gasteiger partial charge is 0.489 e. The van der Waals surface area contributed by atoms with Crippen molar-refractivity contribution in [2.24, 2.45) is 39.0 Å². The fraction of sp³-hybridized carbons (Fsp3) is 0.694. The Hall–Kier alpha value is -2.85. The van der Waals surface area contributed by atoms with Gasteiger partial charge >= 0.3 is 0 Å². The molecular weight excluding hydrogens is 858 g/mol. The number of piperidine rings is 1. The second-order valence-electron chi connectivity index (χ2n) is 21.8. The molecule has 1 amide bonds. The topological polar surface area (TPSA) is 154 Å². The molecule has 65 heavy (non-hydrogen) atoms. The minimum atomic E-state index is -0.306. The molecule has 7 heterocycles. The number of nitriles is 1. The molecule has 16 heteroatoms. The monoisotopic (exact) mass is 928 g/mol. The Bertz CT molecular complexity index is 2130. The Labute approximate surface area is 395 Å². The van der Waals surface area contributed by atoms with Gasteiger partial charge in [0.2, 0.25) is 5.91 Å². The van der Waals surface area contributed by atoms with Gasteiger partial charge in [0, 0.05) is 104 Å². The number of likely N-dealkylation sites (tertiary alicyclic amines) is 2. The molecule has 8 aliphatic rings. The van der Waals surface area contributed by atoms with Crippen molar-refractivity contribution in [3.05, 3.63) is 64.2 Å². The number of ether oxygens (including phenoxy) is 2. The molecular formula is C49H70ClN11O3S. The summed E-state index contributed by atoms with van der Waals surface area (Å²) in [6.45, 7) is 23.9. The summed E-state index contributed by atoms with van der Waals surface area (Å²) in [5.74, 6) is 1.40. The number of nitrogens with one attached hydrogen (secondary N) is 6. The summed E-state index contributed by atoms with van der Waals surface area (Å²) in [5.41, 5.74) is 11.2. The number of rotatable bonds is 10. The molecule has 2 aromatic carbocycles.